The molecule has 2 rings (SSSR count). The zero-order chi connectivity index (χ0) is 15.6. The molecule has 7 heteroatoms. The molecule has 0 spiro atoms. The Bertz CT molecular complexity index is 719. The summed E-state index contributed by atoms with van der Waals surface area (Å²) in [6.07, 6.45) is 0. The van der Waals surface area contributed by atoms with Gasteiger partial charge in [0.25, 0.3) is 10.0 Å². The fraction of sp³-hybridized carbons (Fsp3) is 0.286. The number of thiophene rings is 1. The Balaban J connectivity index is 2.31. The van der Waals surface area contributed by atoms with E-state index < -0.39 is 10.0 Å². The summed E-state index contributed by atoms with van der Waals surface area (Å²) in [4.78, 5) is 2.56. The van der Waals surface area contributed by atoms with Gasteiger partial charge < -0.3 is 10.0 Å². The number of benzene rings is 1. The molecule has 0 atom stereocenters. The number of nitrogens with one attached hydrogen (secondary N) is 1. The summed E-state index contributed by atoms with van der Waals surface area (Å²) in [5, 5.41) is 11.0. The largest absolute Gasteiger partial charge is 0.391 e. The molecule has 0 fully saturated rings. The van der Waals surface area contributed by atoms with E-state index in [1.165, 1.54) is 11.3 Å². The Morgan fingerprint density at radius 1 is 1.24 bits per heavy atom. The minimum atomic E-state index is -3.69. The van der Waals surface area contributed by atoms with Gasteiger partial charge in [0.1, 0.15) is 4.90 Å². The quantitative estimate of drug-likeness (QED) is 0.885. The standard InChI is InChI=1S/C14H18N2O3S2/c1-10-9-20-13(8-17)14(10)21(18,19)15-11-4-6-12(7-5-11)16(2)3/h4-7,9,15,17H,8H2,1-3H3. The second kappa shape index (κ2) is 6.05. The van der Waals surface area contributed by atoms with Gasteiger partial charge in [-0.3, -0.25) is 4.72 Å². The topological polar surface area (TPSA) is 69.6 Å². The van der Waals surface area contributed by atoms with Gasteiger partial charge >= 0.3 is 0 Å². The SMILES string of the molecule is Cc1csc(CO)c1S(=O)(=O)Nc1ccc(N(C)C)cc1. The summed E-state index contributed by atoms with van der Waals surface area (Å²) < 4.78 is 27.5. The summed E-state index contributed by atoms with van der Waals surface area (Å²) in [6.45, 7) is 1.44. The summed E-state index contributed by atoms with van der Waals surface area (Å²) in [5.74, 6) is 0. The zero-order valence-electron chi connectivity index (χ0n) is 12.1. The molecule has 0 saturated heterocycles. The maximum atomic E-state index is 12.5. The molecule has 1 aromatic carbocycles. The molecular formula is C14H18N2O3S2. The molecule has 2 N–H and O–H groups in total. The van der Waals surface area contributed by atoms with Gasteiger partial charge in [-0.2, -0.15) is 0 Å². The van der Waals surface area contributed by atoms with E-state index in [-0.39, 0.29) is 11.5 Å². The van der Waals surface area contributed by atoms with Gasteiger partial charge in [0.05, 0.1) is 11.5 Å². The van der Waals surface area contributed by atoms with Gasteiger partial charge in [0.15, 0.2) is 0 Å². The molecule has 21 heavy (non-hydrogen) atoms. The van der Waals surface area contributed by atoms with E-state index in [4.69, 9.17) is 0 Å². The highest BCUT2D eigenvalue weighted by Crippen LogP contribution is 2.29. The van der Waals surface area contributed by atoms with E-state index in [0.717, 1.165) is 5.69 Å². The van der Waals surface area contributed by atoms with E-state index in [1.807, 2.05) is 31.1 Å². The van der Waals surface area contributed by atoms with Crippen molar-refractivity contribution in [2.45, 2.75) is 18.4 Å². The number of nitrogens with zero attached hydrogens (tertiary/aromatic N) is 1. The first-order valence-corrected chi connectivity index (χ1v) is 8.69. The Kier molecular flexibility index (Phi) is 4.55. The van der Waals surface area contributed by atoms with Crippen molar-refractivity contribution in [1.82, 2.24) is 0 Å². The summed E-state index contributed by atoms with van der Waals surface area (Å²) in [7, 11) is 0.146. The summed E-state index contributed by atoms with van der Waals surface area (Å²) in [6, 6.07) is 7.11. The number of aryl methyl sites for hydroxylation is 1. The molecule has 2 aromatic rings. The number of sulfonamides is 1. The van der Waals surface area contributed by atoms with Gasteiger partial charge in [0, 0.05) is 25.5 Å². The van der Waals surface area contributed by atoms with Crippen LogP contribution in [0.3, 0.4) is 0 Å². The van der Waals surface area contributed by atoms with Gasteiger partial charge in [-0.1, -0.05) is 0 Å². The van der Waals surface area contributed by atoms with E-state index in [9.17, 15) is 13.5 Å². The lowest BCUT2D eigenvalue weighted by Gasteiger charge is -2.14. The van der Waals surface area contributed by atoms with Crippen LogP contribution in [0.2, 0.25) is 0 Å². The predicted molar refractivity (Wildman–Crippen MR) is 86.6 cm³/mol. The lowest BCUT2D eigenvalue weighted by Crippen LogP contribution is -2.15. The summed E-state index contributed by atoms with van der Waals surface area (Å²) in [5.41, 5.74) is 2.12. The van der Waals surface area contributed by atoms with Crippen LogP contribution in [0.4, 0.5) is 11.4 Å². The van der Waals surface area contributed by atoms with Crippen LogP contribution in [0.1, 0.15) is 10.4 Å². The van der Waals surface area contributed by atoms with Crippen LogP contribution in [-0.2, 0) is 16.6 Å². The molecule has 0 aliphatic heterocycles. The van der Waals surface area contributed by atoms with Crippen LogP contribution in [-0.4, -0.2) is 27.6 Å². The molecule has 5 nitrogen and oxygen atoms in total. The van der Waals surface area contributed by atoms with Gasteiger partial charge in [-0.15, -0.1) is 11.3 Å². The van der Waals surface area contributed by atoms with Gasteiger partial charge in [-0.05, 0) is 42.1 Å². The van der Waals surface area contributed by atoms with Crippen LogP contribution in [0.25, 0.3) is 0 Å². The Labute approximate surface area is 128 Å². The maximum absolute atomic E-state index is 12.5. The van der Waals surface area contributed by atoms with Crippen LogP contribution in [0, 0.1) is 6.92 Å². The van der Waals surface area contributed by atoms with E-state index >= 15 is 0 Å². The number of aliphatic hydroxyl groups excluding tert-OH is 1. The molecule has 0 amide bonds. The lowest BCUT2D eigenvalue weighted by atomic mass is 10.3. The molecule has 0 radical (unpaired) electrons. The third-order valence-electron chi connectivity index (χ3n) is 3.04. The van der Waals surface area contributed by atoms with Crippen molar-refractivity contribution in [3.63, 3.8) is 0 Å². The highest BCUT2D eigenvalue weighted by molar-refractivity contribution is 7.93. The van der Waals surface area contributed by atoms with Crippen LogP contribution in [0.15, 0.2) is 34.5 Å². The van der Waals surface area contributed by atoms with E-state index in [1.54, 1.807) is 24.4 Å². The minimum absolute atomic E-state index is 0.173. The molecule has 0 saturated carbocycles. The van der Waals surface area contributed by atoms with Crippen molar-refractivity contribution < 1.29 is 13.5 Å². The average molecular weight is 326 g/mol. The lowest BCUT2D eigenvalue weighted by molar-refractivity contribution is 0.282. The molecular weight excluding hydrogens is 308 g/mol. The monoisotopic (exact) mass is 326 g/mol. The molecule has 0 unspecified atom stereocenters. The smallest absolute Gasteiger partial charge is 0.263 e. The van der Waals surface area contributed by atoms with Crippen LogP contribution in [0.5, 0.6) is 0 Å². The van der Waals surface area contributed by atoms with Crippen molar-refractivity contribution in [3.05, 3.63) is 40.1 Å². The normalized spacial score (nSPS) is 11.4. The Hall–Kier alpha value is -1.57. The number of aliphatic hydroxyl groups is 1. The van der Waals surface area contributed by atoms with Crippen LogP contribution < -0.4 is 9.62 Å². The van der Waals surface area contributed by atoms with Crippen molar-refractivity contribution in [3.8, 4) is 0 Å². The average Bonchev–Trinajstić information content (AvgIpc) is 2.80. The van der Waals surface area contributed by atoms with Gasteiger partial charge in [0.2, 0.25) is 0 Å². The molecule has 0 aliphatic carbocycles. The van der Waals surface area contributed by atoms with Crippen molar-refractivity contribution in [1.29, 1.82) is 0 Å². The van der Waals surface area contributed by atoms with Crippen molar-refractivity contribution >= 4 is 32.7 Å². The third-order valence-corrected chi connectivity index (χ3v) is 5.87. The number of hydrogen-bond donors (Lipinski definition) is 2. The minimum Gasteiger partial charge on any atom is -0.391 e. The highest BCUT2D eigenvalue weighted by atomic mass is 32.2. The third kappa shape index (κ3) is 3.37. The van der Waals surface area contributed by atoms with E-state index in [0.29, 0.717) is 16.1 Å². The Morgan fingerprint density at radius 3 is 2.38 bits per heavy atom. The molecule has 0 bridgehead atoms. The number of hydrogen-bond acceptors (Lipinski definition) is 5. The maximum Gasteiger partial charge on any atom is 0.263 e. The van der Waals surface area contributed by atoms with Crippen molar-refractivity contribution in [2.75, 3.05) is 23.7 Å². The predicted octanol–water partition coefficient (Wildman–Crippen LogP) is 2.42. The van der Waals surface area contributed by atoms with Crippen LogP contribution >= 0.6 is 11.3 Å². The van der Waals surface area contributed by atoms with Gasteiger partial charge in [-0.25, -0.2) is 8.42 Å². The Morgan fingerprint density at radius 2 is 1.86 bits per heavy atom. The highest BCUT2D eigenvalue weighted by Gasteiger charge is 2.22. The first kappa shape index (κ1) is 15.8. The molecule has 114 valence electrons. The van der Waals surface area contributed by atoms with E-state index in [2.05, 4.69) is 4.72 Å². The zero-order valence-corrected chi connectivity index (χ0v) is 13.8. The van der Waals surface area contributed by atoms with Crippen molar-refractivity contribution in [2.24, 2.45) is 0 Å². The fourth-order valence-corrected chi connectivity index (χ4v) is 4.71. The molecule has 0 aliphatic rings. The number of anilines is 2. The molecule has 1 heterocycles. The second-order valence-electron chi connectivity index (χ2n) is 4.88. The second-order valence-corrected chi connectivity index (χ2v) is 7.46. The molecule has 1 aromatic heterocycles. The fourth-order valence-electron chi connectivity index (χ4n) is 1.99. The summed E-state index contributed by atoms with van der Waals surface area (Å²) >= 11 is 1.24. The number of rotatable bonds is 5. The first-order valence-electron chi connectivity index (χ1n) is 6.33. The first-order chi connectivity index (χ1) is 9.85.